The highest BCUT2D eigenvalue weighted by Gasteiger charge is 2.48. The Kier molecular flexibility index (Phi) is 10.6. The first-order chi connectivity index (χ1) is 40.2. The molecule has 0 saturated heterocycles. The van der Waals surface area contributed by atoms with E-state index in [4.69, 9.17) is 29.9 Å². The van der Waals surface area contributed by atoms with Gasteiger partial charge in [-0.15, -0.1) is 0 Å². The molecule has 0 unspecified atom stereocenters. The summed E-state index contributed by atoms with van der Waals surface area (Å²) in [7, 11) is 0. The van der Waals surface area contributed by atoms with Crippen LogP contribution < -0.4 is 0 Å². The van der Waals surface area contributed by atoms with Crippen molar-refractivity contribution in [1.29, 1.82) is 0 Å². The molecular weight excluding hydrogens is 989 g/mol. The summed E-state index contributed by atoms with van der Waals surface area (Å²) in [6.45, 7) is 0. The van der Waals surface area contributed by atoms with Crippen molar-refractivity contribution in [1.82, 2.24) is 39.0 Å². The van der Waals surface area contributed by atoms with Crippen LogP contribution >= 0.6 is 0 Å². The summed E-state index contributed by atoms with van der Waals surface area (Å²) in [4.78, 5) is 32.5. The molecular formula is C73H46N8. The van der Waals surface area contributed by atoms with E-state index in [1.54, 1.807) is 0 Å². The fourth-order valence-electron chi connectivity index (χ4n) is 12.7. The highest BCUT2D eigenvalue weighted by atomic mass is 15.2. The van der Waals surface area contributed by atoms with Crippen molar-refractivity contribution in [2.45, 2.75) is 5.41 Å². The van der Waals surface area contributed by atoms with E-state index in [1.165, 1.54) is 11.1 Å². The van der Waals surface area contributed by atoms with Crippen LogP contribution in [-0.4, -0.2) is 39.0 Å². The van der Waals surface area contributed by atoms with Crippen LogP contribution in [0.15, 0.2) is 279 Å². The highest BCUT2D eigenvalue weighted by Crippen LogP contribution is 2.58. The minimum atomic E-state index is -0.708. The molecule has 81 heavy (non-hydrogen) atoms. The first-order valence-electron chi connectivity index (χ1n) is 27.3. The van der Waals surface area contributed by atoms with Gasteiger partial charge in [-0.2, -0.15) is 9.97 Å². The van der Waals surface area contributed by atoms with Gasteiger partial charge >= 0.3 is 0 Å². The molecule has 0 spiro atoms. The largest absolute Gasteiger partial charge is 0.306 e. The van der Waals surface area contributed by atoms with Gasteiger partial charge in [-0.1, -0.05) is 255 Å². The van der Waals surface area contributed by atoms with Crippen LogP contribution in [0.1, 0.15) is 22.3 Å². The van der Waals surface area contributed by atoms with Crippen LogP contribution in [0.3, 0.4) is 0 Å². The lowest BCUT2D eigenvalue weighted by molar-refractivity contribution is 0.768. The Morgan fingerprint density at radius 1 is 0.259 bits per heavy atom. The van der Waals surface area contributed by atoms with Crippen molar-refractivity contribution in [2.24, 2.45) is 0 Å². The summed E-state index contributed by atoms with van der Waals surface area (Å²) in [5.41, 5.74) is 15.6. The average molecular weight is 1040 g/mol. The van der Waals surface area contributed by atoms with Gasteiger partial charge in [-0.05, 0) is 57.6 Å². The second-order valence-electron chi connectivity index (χ2n) is 20.5. The maximum Gasteiger partial charge on any atom is 0.238 e. The average Bonchev–Trinajstić information content (AvgIpc) is 4.35. The third-order valence-corrected chi connectivity index (χ3v) is 16.1. The number of rotatable bonds is 9. The quantitative estimate of drug-likeness (QED) is 0.143. The van der Waals surface area contributed by atoms with E-state index in [0.717, 1.165) is 99.4 Å². The summed E-state index contributed by atoms with van der Waals surface area (Å²) >= 11 is 0. The van der Waals surface area contributed by atoms with Crippen molar-refractivity contribution in [3.63, 3.8) is 0 Å². The second-order valence-corrected chi connectivity index (χ2v) is 20.5. The van der Waals surface area contributed by atoms with E-state index in [9.17, 15) is 0 Å². The van der Waals surface area contributed by atoms with Crippen molar-refractivity contribution < 1.29 is 0 Å². The zero-order chi connectivity index (χ0) is 53.4. The Hall–Kier alpha value is -11.0. The molecule has 4 aromatic heterocycles. The maximum atomic E-state index is 5.77. The molecule has 0 aliphatic heterocycles. The molecule has 15 aromatic rings. The van der Waals surface area contributed by atoms with Crippen LogP contribution in [-0.2, 0) is 5.41 Å². The number of fused-ring (bicyclic) bond motifs is 10. The molecule has 378 valence electrons. The van der Waals surface area contributed by atoms with E-state index in [-0.39, 0.29) is 0 Å². The number of aromatic nitrogens is 8. The fraction of sp³-hybridized carbons (Fsp3) is 0.0137. The smallest absolute Gasteiger partial charge is 0.238 e. The van der Waals surface area contributed by atoms with Gasteiger partial charge in [0.25, 0.3) is 0 Å². The second kappa shape index (κ2) is 18.6. The van der Waals surface area contributed by atoms with E-state index in [1.807, 2.05) is 78.9 Å². The van der Waals surface area contributed by atoms with E-state index < -0.39 is 5.41 Å². The molecule has 0 bridgehead atoms. The van der Waals surface area contributed by atoms with Gasteiger partial charge in [0.2, 0.25) is 5.95 Å². The zero-order valence-electron chi connectivity index (χ0n) is 43.6. The van der Waals surface area contributed by atoms with Gasteiger partial charge in [-0.25, -0.2) is 19.9 Å². The molecule has 1 aliphatic carbocycles. The molecule has 8 nitrogen and oxygen atoms in total. The van der Waals surface area contributed by atoms with Crippen LogP contribution in [0.25, 0.3) is 123 Å². The Morgan fingerprint density at radius 3 is 1.23 bits per heavy atom. The van der Waals surface area contributed by atoms with E-state index in [0.29, 0.717) is 35.1 Å². The summed E-state index contributed by atoms with van der Waals surface area (Å²) in [5.74, 6) is 3.38. The maximum absolute atomic E-state index is 5.77. The van der Waals surface area contributed by atoms with E-state index in [2.05, 4.69) is 209 Å². The summed E-state index contributed by atoms with van der Waals surface area (Å²) in [6.07, 6.45) is 0. The molecule has 16 rings (SSSR count). The topological polar surface area (TPSA) is 87.2 Å². The van der Waals surface area contributed by atoms with Gasteiger partial charge in [0.1, 0.15) is 0 Å². The standard InChI is InChI=1S/C73H46N8/c1-6-25-47(26-7-1)67-74-68(48-27-8-2-9-28-48)76-70(75-67)58-38-19-23-44-63(58)80-61-42-21-17-36-53(61)56-45-46-57-54-37-18-22-43-62(54)81(66(57)65(56)80)72-78-69(49-29-10-3-11-30-49)77-71(79-72)59-40-24-39-55-52-35-16-20-41-60(52)73(64(55)59,50-31-12-4-13-32-50)51-33-14-5-15-34-51/h1-46H. The molecule has 0 amide bonds. The van der Waals surface area contributed by atoms with Crippen molar-refractivity contribution in [2.75, 3.05) is 0 Å². The van der Waals surface area contributed by atoms with Gasteiger partial charge in [-0.3, -0.25) is 4.57 Å². The van der Waals surface area contributed by atoms with Gasteiger partial charge in [0.15, 0.2) is 29.1 Å². The fourth-order valence-corrected chi connectivity index (χ4v) is 12.7. The molecule has 0 N–H and O–H groups in total. The minimum Gasteiger partial charge on any atom is -0.306 e. The zero-order valence-corrected chi connectivity index (χ0v) is 43.6. The minimum absolute atomic E-state index is 0.498. The van der Waals surface area contributed by atoms with Gasteiger partial charge in [0.05, 0.1) is 33.2 Å². The third kappa shape index (κ3) is 7.17. The molecule has 11 aromatic carbocycles. The lowest BCUT2D eigenvalue weighted by Crippen LogP contribution is -2.29. The Bertz CT molecular complexity index is 4820. The molecule has 0 atom stereocenters. The predicted octanol–water partition coefficient (Wildman–Crippen LogP) is 16.9. The molecule has 8 heteroatoms. The third-order valence-electron chi connectivity index (χ3n) is 16.1. The summed E-state index contributed by atoms with van der Waals surface area (Å²) < 4.78 is 4.66. The SMILES string of the molecule is c1ccc(-c2nc(-c3ccccc3)nc(-c3ccccc3-n3c4ccccc4c4ccc5c6ccccc6n(-c6nc(-c7ccccc7)nc(-c7cccc8c7C(c7ccccc7)(c7ccccc7)c7ccccc7-8)n6)c5c43)n2)cc1. The van der Waals surface area contributed by atoms with Crippen molar-refractivity contribution >= 4 is 43.6 Å². The number of hydrogen-bond donors (Lipinski definition) is 0. The monoisotopic (exact) mass is 1030 g/mol. The van der Waals surface area contributed by atoms with Crippen LogP contribution in [0.2, 0.25) is 0 Å². The first kappa shape index (κ1) is 46.2. The number of para-hydroxylation sites is 3. The van der Waals surface area contributed by atoms with E-state index >= 15 is 0 Å². The number of nitrogens with zero attached hydrogens (tertiary/aromatic N) is 8. The Morgan fingerprint density at radius 2 is 0.654 bits per heavy atom. The first-order valence-corrected chi connectivity index (χ1v) is 27.3. The molecule has 4 heterocycles. The molecule has 1 aliphatic rings. The number of benzene rings is 11. The van der Waals surface area contributed by atoms with Crippen molar-refractivity contribution in [3.05, 3.63) is 301 Å². The van der Waals surface area contributed by atoms with Crippen LogP contribution in [0.5, 0.6) is 0 Å². The molecule has 0 saturated carbocycles. The van der Waals surface area contributed by atoms with Crippen LogP contribution in [0.4, 0.5) is 0 Å². The lowest BCUT2D eigenvalue weighted by atomic mass is 9.66. The molecule has 0 radical (unpaired) electrons. The Balaban J connectivity index is 1.00. The lowest BCUT2D eigenvalue weighted by Gasteiger charge is -2.35. The highest BCUT2D eigenvalue weighted by molar-refractivity contribution is 6.24. The van der Waals surface area contributed by atoms with Gasteiger partial charge in [0, 0.05) is 49.4 Å². The predicted molar refractivity (Wildman–Crippen MR) is 326 cm³/mol. The summed E-state index contributed by atoms with van der Waals surface area (Å²) in [6, 6.07) is 98.1. The number of hydrogen-bond acceptors (Lipinski definition) is 6. The molecule has 0 fully saturated rings. The summed E-state index contributed by atoms with van der Waals surface area (Å²) in [5, 5.41) is 4.31. The van der Waals surface area contributed by atoms with Crippen LogP contribution in [0, 0.1) is 0 Å². The van der Waals surface area contributed by atoms with Crippen molar-refractivity contribution in [3.8, 4) is 79.7 Å². The Labute approximate surface area is 466 Å². The van der Waals surface area contributed by atoms with Gasteiger partial charge < -0.3 is 4.57 Å². The normalized spacial score (nSPS) is 12.5.